The molecular formula is C17H36N2O. The third-order valence-corrected chi connectivity index (χ3v) is 4.32. The minimum absolute atomic E-state index is 0.317. The minimum atomic E-state index is -0.489. The largest absolute Gasteiger partial charge is 0.389 e. The summed E-state index contributed by atoms with van der Waals surface area (Å²) in [6.07, 6.45) is 4.54. The van der Waals surface area contributed by atoms with Crippen LogP contribution in [0.2, 0.25) is 0 Å². The van der Waals surface area contributed by atoms with Crippen molar-refractivity contribution in [2.75, 3.05) is 32.7 Å². The smallest absolute Gasteiger partial charge is 0.0746 e. The van der Waals surface area contributed by atoms with Crippen molar-refractivity contribution in [1.29, 1.82) is 0 Å². The first-order chi connectivity index (χ1) is 9.26. The summed E-state index contributed by atoms with van der Waals surface area (Å²) in [6.45, 7) is 16.4. The lowest BCUT2D eigenvalue weighted by molar-refractivity contribution is -0.0278. The van der Waals surface area contributed by atoms with E-state index >= 15 is 0 Å². The second kappa shape index (κ2) is 7.77. The van der Waals surface area contributed by atoms with Crippen molar-refractivity contribution in [3.63, 3.8) is 0 Å². The first-order valence-corrected chi connectivity index (χ1v) is 8.42. The van der Waals surface area contributed by atoms with Crippen molar-refractivity contribution in [3.8, 4) is 0 Å². The first-order valence-electron chi connectivity index (χ1n) is 8.42. The Morgan fingerprint density at radius 3 is 2.65 bits per heavy atom. The number of nitrogens with one attached hydrogen (secondary N) is 1. The zero-order valence-corrected chi connectivity index (χ0v) is 14.3. The molecule has 1 fully saturated rings. The van der Waals surface area contributed by atoms with Gasteiger partial charge in [0, 0.05) is 19.6 Å². The topological polar surface area (TPSA) is 35.5 Å². The molecule has 2 atom stereocenters. The molecule has 0 aromatic rings. The van der Waals surface area contributed by atoms with Gasteiger partial charge in [0.2, 0.25) is 0 Å². The molecule has 0 aromatic carbocycles. The van der Waals surface area contributed by atoms with Gasteiger partial charge >= 0.3 is 0 Å². The monoisotopic (exact) mass is 284 g/mol. The van der Waals surface area contributed by atoms with Gasteiger partial charge in [-0.2, -0.15) is 0 Å². The maximum absolute atomic E-state index is 10.3. The number of rotatable bonds is 8. The van der Waals surface area contributed by atoms with Gasteiger partial charge in [0.05, 0.1) is 5.60 Å². The molecule has 0 saturated carbocycles. The molecule has 2 unspecified atom stereocenters. The Balaban J connectivity index is 2.51. The maximum Gasteiger partial charge on any atom is 0.0746 e. The van der Waals surface area contributed by atoms with E-state index in [1.165, 1.54) is 12.8 Å². The summed E-state index contributed by atoms with van der Waals surface area (Å²) in [4.78, 5) is 2.47. The van der Waals surface area contributed by atoms with Crippen LogP contribution >= 0.6 is 0 Å². The normalized spacial score (nSPS) is 27.8. The lowest BCUT2D eigenvalue weighted by Crippen LogP contribution is -2.51. The van der Waals surface area contributed by atoms with Crippen LogP contribution in [0.15, 0.2) is 0 Å². The zero-order valence-electron chi connectivity index (χ0n) is 14.3. The molecule has 0 amide bonds. The Bertz CT molecular complexity index is 278. The van der Waals surface area contributed by atoms with Crippen LogP contribution in [0.25, 0.3) is 0 Å². The van der Waals surface area contributed by atoms with Crippen LogP contribution in [0.5, 0.6) is 0 Å². The third kappa shape index (κ3) is 6.55. The van der Waals surface area contributed by atoms with Crippen LogP contribution in [-0.4, -0.2) is 48.3 Å². The van der Waals surface area contributed by atoms with E-state index in [-0.39, 0.29) is 0 Å². The van der Waals surface area contributed by atoms with Crippen LogP contribution < -0.4 is 5.32 Å². The fourth-order valence-corrected chi connectivity index (χ4v) is 3.49. The van der Waals surface area contributed by atoms with Crippen molar-refractivity contribution in [2.24, 2.45) is 11.3 Å². The Hall–Kier alpha value is -0.120. The molecule has 0 spiro atoms. The zero-order chi connectivity index (χ0) is 15.2. The van der Waals surface area contributed by atoms with E-state index < -0.39 is 5.60 Å². The van der Waals surface area contributed by atoms with Gasteiger partial charge in [-0.25, -0.2) is 0 Å². The van der Waals surface area contributed by atoms with E-state index in [2.05, 4.69) is 37.9 Å². The quantitative estimate of drug-likeness (QED) is 0.719. The third-order valence-electron chi connectivity index (χ3n) is 4.32. The van der Waals surface area contributed by atoms with Gasteiger partial charge in [-0.15, -0.1) is 0 Å². The maximum atomic E-state index is 10.3. The summed E-state index contributed by atoms with van der Waals surface area (Å²) >= 11 is 0. The highest BCUT2D eigenvalue weighted by molar-refractivity contribution is 4.87. The molecule has 3 heteroatoms. The number of nitrogens with zero attached hydrogens (tertiary/aromatic N) is 1. The molecule has 1 heterocycles. The van der Waals surface area contributed by atoms with Crippen molar-refractivity contribution >= 4 is 0 Å². The van der Waals surface area contributed by atoms with Crippen LogP contribution in [-0.2, 0) is 0 Å². The van der Waals surface area contributed by atoms with Crippen LogP contribution in [0.4, 0.5) is 0 Å². The summed E-state index contributed by atoms with van der Waals surface area (Å²) in [5.74, 6) is 0.705. The van der Waals surface area contributed by atoms with E-state index in [1.807, 2.05) is 6.92 Å². The molecule has 1 rings (SSSR count). The highest BCUT2D eigenvalue weighted by atomic mass is 16.3. The molecule has 0 aliphatic carbocycles. The van der Waals surface area contributed by atoms with Gasteiger partial charge in [0.1, 0.15) is 0 Å². The van der Waals surface area contributed by atoms with Crippen LogP contribution in [0, 0.1) is 11.3 Å². The summed E-state index contributed by atoms with van der Waals surface area (Å²) in [5, 5.41) is 13.9. The predicted octanol–water partition coefficient (Wildman–Crippen LogP) is 2.89. The second-order valence-electron chi connectivity index (χ2n) is 7.90. The Morgan fingerprint density at radius 1 is 1.40 bits per heavy atom. The summed E-state index contributed by atoms with van der Waals surface area (Å²) in [7, 11) is 0. The molecular weight excluding hydrogens is 248 g/mol. The van der Waals surface area contributed by atoms with Crippen molar-refractivity contribution < 1.29 is 5.11 Å². The SMILES string of the molecule is CCCC(C)(CNCC(C)C)CN1CCCC(C)(O)C1. The number of aliphatic hydroxyl groups is 1. The lowest BCUT2D eigenvalue weighted by atomic mass is 9.83. The molecule has 3 nitrogen and oxygen atoms in total. The standard InChI is InChI=1S/C17H36N2O/c1-6-8-16(4,12-18-11-15(2)3)13-19-10-7-9-17(5,20)14-19/h15,18,20H,6-14H2,1-5H3. The average molecular weight is 284 g/mol. The highest BCUT2D eigenvalue weighted by Gasteiger charge is 2.33. The van der Waals surface area contributed by atoms with Gasteiger partial charge in [0.25, 0.3) is 0 Å². The first kappa shape index (κ1) is 17.9. The molecule has 1 saturated heterocycles. The van der Waals surface area contributed by atoms with E-state index in [1.54, 1.807) is 0 Å². The Kier molecular flexibility index (Phi) is 6.96. The van der Waals surface area contributed by atoms with Crippen molar-refractivity contribution in [3.05, 3.63) is 0 Å². The molecule has 2 N–H and O–H groups in total. The fraction of sp³-hybridized carbons (Fsp3) is 1.00. The van der Waals surface area contributed by atoms with E-state index in [0.29, 0.717) is 11.3 Å². The lowest BCUT2D eigenvalue weighted by Gasteiger charge is -2.42. The Labute approximate surface area is 126 Å². The molecule has 0 aromatic heterocycles. The molecule has 1 aliphatic heterocycles. The number of hydrogen-bond acceptors (Lipinski definition) is 3. The van der Waals surface area contributed by atoms with Gasteiger partial charge in [-0.1, -0.05) is 34.1 Å². The number of hydrogen-bond donors (Lipinski definition) is 2. The van der Waals surface area contributed by atoms with Gasteiger partial charge in [-0.05, 0) is 50.6 Å². The predicted molar refractivity (Wildman–Crippen MR) is 87.0 cm³/mol. The van der Waals surface area contributed by atoms with Gasteiger partial charge in [-0.3, -0.25) is 4.90 Å². The minimum Gasteiger partial charge on any atom is -0.389 e. The summed E-state index contributed by atoms with van der Waals surface area (Å²) < 4.78 is 0. The molecule has 120 valence electrons. The highest BCUT2D eigenvalue weighted by Crippen LogP contribution is 2.28. The molecule has 0 bridgehead atoms. The number of piperidine rings is 1. The summed E-state index contributed by atoms with van der Waals surface area (Å²) in [5.41, 5.74) is -0.173. The average Bonchev–Trinajstić information content (AvgIpc) is 2.26. The number of likely N-dealkylation sites (tertiary alicyclic amines) is 1. The van der Waals surface area contributed by atoms with Crippen molar-refractivity contribution in [1.82, 2.24) is 10.2 Å². The fourth-order valence-electron chi connectivity index (χ4n) is 3.49. The van der Waals surface area contributed by atoms with Crippen LogP contribution in [0.1, 0.15) is 60.3 Å². The van der Waals surface area contributed by atoms with Gasteiger partial charge in [0.15, 0.2) is 0 Å². The molecule has 1 aliphatic rings. The van der Waals surface area contributed by atoms with Gasteiger partial charge < -0.3 is 10.4 Å². The molecule has 0 radical (unpaired) electrons. The van der Waals surface area contributed by atoms with E-state index in [4.69, 9.17) is 0 Å². The van der Waals surface area contributed by atoms with E-state index in [0.717, 1.165) is 45.6 Å². The molecule has 20 heavy (non-hydrogen) atoms. The summed E-state index contributed by atoms with van der Waals surface area (Å²) in [6, 6.07) is 0. The second-order valence-corrected chi connectivity index (χ2v) is 7.90. The van der Waals surface area contributed by atoms with Crippen molar-refractivity contribution in [2.45, 2.75) is 65.9 Å². The number of β-amino-alcohol motifs (C(OH)–C–C–N with tert-alkyl or cyclic N) is 1. The van der Waals surface area contributed by atoms with Crippen LogP contribution in [0.3, 0.4) is 0 Å². The Morgan fingerprint density at radius 2 is 2.10 bits per heavy atom. The van der Waals surface area contributed by atoms with E-state index in [9.17, 15) is 5.11 Å².